The molecule has 1 aromatic carbocycles. The summed E-state index contributed by atoms with van der Waals surface area (Å²) in [7, 11) is 0. The topological polar surface area (TPSA) is 69.3 Å². The molecule has 0 aliphatic rings. The number of benzene rings is 1. The fourth-order valence-corrected chi connectivity index (χ4v) is 4.16. The summed E-state index contributed by atoms with van der Waals surface area (Å²) in [5.41, 5.74) is 2.86. The molecule has 0 bridgehead atoms. The van der Waals surface area contributed by atoms with Gasteiger partial charge in [0.05, 0.1) is 16.6 Å². The lowest BCUT2D eigenvalue weighted by Gasteiger charge is -2.12. The van der Waals surface area contributed by atoms with Crippen LogP contribution in [0.5, 0.6) is 0 Å². The standard InChI is InChI=1S/C22H22N4O2S/c1-3-4-11-25-21(28)17-7-5-6-8-18(17)24-22(25)29-14-16-12-20(27)26-13-15(2)9-10-19(26)23-16/h5-10,12-13H,3-4,11,14H2,1-2H3. The molecule has 0 N–H and O–H groups in total. The van der Waals surface area contributed by atoms with Gasteiger partial charge in [0.2, 0.25) is 0 Å². The van der Waals surface area contributed by atoms with Crippen LogP contribution in [0.1, 0.15) is 31.0 Å². The van der Waals surface area contributed by atoms with Crippen LogP contribution < -0.4 is 11.1 Å². The number of nitrogens with zero attached hydrogens (tertiary/aromatic N) is 4. The van der Waals surface area contributed by atoms with Gasteiger partial charge in [-0.1, -0.05) is 43.3 Å². The Labute approximate surface area is 172 Å². The van der Waals surface area contributed by atoms with Crippen molar-refractivity contribution in [3.05, 3.63) is 80.6 Å². The van der Waals surface area contributed by atoms with E-state index in [0.717, 1.165) is 18.4 Å². The molecule has 7 heteroatoms. The molecule has 6 nitrogen and oxygen atoms in total. The summed E-state index contributed by atoms with van der Waals surface area (Å²) >= 11 is 1.44. The highest BCUT2D eigenvalue weighted by atomic mass is 32.2. The molecule has 4 aromatic rings. The average Bonchev–Trinajstić information content (AvgIpc) is 2.72. The predicted octanol–water partition coefficient (Wildman–Crippen LogP) is 3.81. The van der Waals surface area contributed by atoms with Crippen molar-refractivity contribution in [2.45, 2.75) is 44.1 Å². The van der Waals surface area contributed by atoms with Crippen LogP contribution in [0.2, 0.25) is 0 Å². The number of hydrogen-bond acceptors (Lipinski definition) is 5. The van der Waals surface area contributed by atoms with E-state index < -0.39 is 0 Å². The first-order valence-corrected chi connectivity index (χ1v) is 10.7. The maximum atomic E-state index is 13.0. The smallest absolute Gasteiger partial charge is 0.262 e. The Kier molecular flexibility index (Phi) is 5.49. The molecule has 0 atom stereocenters. The average molecular weight is 407 g/mol. The Bertz CT molecular complexity index is 1310. The molecule has 0 aliphatic carbocycles. The minimum Gasteiger partial charge on any atom is -0.287 e. The minimum absolute atomic E-state index is 0.0198. The molecule has 0 saturated carbocycles. The van der Waals surface area contributed by atoms with Gasteiger partial charge in [0, 0.05) is 24.6 Å². The first kappa shape index (κ1) is 19.4. The van der Waals surface area contributed by atoms with E-state index in [9.17, 15) is 9.59 Å². The third-order valence-corrected chi connectivity index (χ3v) is 5.78. The molecule has 0 saturated heterocycles. The second kappa shape index (κ2) is 8.21. The summed E-state index contributed by atoms with van der Waals surface area (Å²) in [6, 6.07) is 12.7. The van der Waals surface area contributed by atoms with E-state index >= 15 is 0 Å². The number of aromatic nitrogens is 4. The van der Waals surface area contributed by atoms with E-state index in [1.54, 1.807) is 21.2 Å². The zero-order valence-electron chi connectivity index (χ0n) is 16.5. The van der Waals surface area contributed by atoms with Crippen LogP contribution in [0.25, 0.3) is 16.6 Å². The van der Waals surface area contributed by atoms with Gasteiger partial charge in [-0.15, -0.1) is 0 Å². The van der Waals surface area contributed by atoms with Crippen molar-refractivity contribution < 1.29 is 0 Å². The van der Waals surface area contributed by atoms with Crippen LogP contribution in [0.4, 0.5) is 0 Å². The predicted molar refractivity (Wildman–Crippen MR) is 117 cm³/mol. The van der Waals surface area contributed by atoms with E-state index in [4.69, 9.17) is 4.98 Å². The number of para-hydroxylation sites is 1. The Morgan fingerprint density at radius 2 is 1.90 bits per heavy atom. The van der Waals surface area contributed by atoms with Gasteiger partial charge in [-0.05, 0) is 37.1 Å². The number of hydrogen-bond donors (Lipinski definition) is 0. The molecule has 0 fully saturated rings. The first-order chi connectivity index (χ1) is 14.1. The highest BCUT2D eigenvalue weighted by molar-refractivity contribution is 7.98. The lowest BCUT2D eigenvalue weighted by atomic mass is 10.2. The second-order valence-electron chi connectivity index (χ2n) is 7.03. The zero-order valence-corrected chi connectivity index (χ0v) is 17.3. The van der Waals surface area contributed by atoms with Crippen molar-refractivity contribution in [2.24, 2.45) is 0 Å². The summed E-state index contributed by atoms with van der Waals surface area (Å²) in [6.07, 6.45) is 3.68. The summed E-state index contributed by atoms with van der Waals surface area (Å²) in [5.74, 6) is 0.469. The number of fused-ring (bicyclic) bond motifs is 2. The fraction of sp³-hybridized carbons (Fsp3) is 0.273. The van der Waals surface area contributed by atoms with E-state index in [2.05, 4.69) is 11.9 Å². The van der Waals surface area contributed by atoms with Crippen molar-refractivity contribution in [3.63, 3.8) is 0 Å². The summed E-state index contributed by atoms with van der Waals surface area (Å²) in [5, 5.41) is 1.29. The van der Waals surface area contributed by atoms with Crippen LogP contribution >= 0.6 is 11.8 Å². The van der Waals surface area contributed by atoms with Crippen LogP contribution in [0, 0.1) is 6.92 Å². The maximum Gasteiger partial charge on any atom is 0.262 e. The Morgan fingerprint density at radius 1 is 1.07 bits per heavy atom. The quantitative estimate of drug-likeness (QED) is 0.360. The molecule has 3 aromatic heterocycles. The van der Waals surface area contributed by atoms with Crippen molar-refractivity contribution in [1.29, 1.82) is 0 Å². The Morgan fingerprint density at radius 3 is 2.72 bits per heavy atom. The van der Waals surface area contributed by atoms with Crippen LogP contribution in [-0.2, 0) is 12.3 Å². The molecule has 0 unspecified atom stereocenters. The molecular weight excluding hydrogens is 384 g/mol. The fourth-order valence-electron chi connectivity index (χ4n) is 3.24. The van der Waals surface area contributed by atoms with Crippen LogP contribution in [-0.4, -0.2) is 18.9 Å². The number of pyridine rings is 1. The highest BCUT2D eigenvalue weighted by Crippen LogP contribution is 2.22. The lowest BCUT2D eigenvalue weighted by molar-refractivity contribution is 0.557. The summed E-state index contributed by atoms with van der Waals surface area (Å²) in [4.78, 5) is 34.7. The van der Waals surface area contributed by atoms with Crippen LogP contribution in [0.15, 0.2) is 63.4 Å². The van der Waals surface area contributed by atoms with Crippen LogP contribution in [0.3, 0.4) is 0 Å². The SMILES string of the molecule is CCCCn1c(SCc2cc(=O)n3cc(C)ccc3n2)nc2ccccc2c1=O. The van der Waals surface area contributed by atoms with E-state index in [-0.39, 0.29) is 11.1 Å². The van der Waals surface area contributed by atoms with E-state index in [1.165, 1.54) is 11.8 Å². The minimum atomic E-state index is -0.107. The van der Waals surface area contributed by atoms with Crippen molar-refractivity contribution >= 4 is 28.3 Å². The Balaban J connectivity index is 1.70. The van der Waals surface area contributed by atoms with Gasteiger partial charge < -0.3 is 0 Å². The molecule has 0 spiro atoms. The van der Waals surface area contributed by atoms with E-state index in [0.29, 0.717) is 39.7 Å². The molecule has 0 amide bonds. The van der Waals surface area contributed by atoms with Gasteiger partial charge in [0.25, 0.3) is 11.1 Å². The van der Waals surface area contributed by atoms with Crippen molar-refractivity contribution in [3.8, 4) is 0 Å². The third-order valence-electron chi connectivity index (χ3n) is 4.77. The molecule has 3 heterocycles. The van der Waals surface area contributed by atoms with Gasteiger partial charge in [-0.2, -0.15) is 0 Å². The van der Waals surface area contributed by atoms with Crippen molar-refractivity contribution in [1.82, 2.24) is 18.9 Å². The van der Waals surface area contributed by atoms with Gasteiger partial charge in [-0.25, -0.2) is 9.97 Å². The van der Waals surface area contributed by atoms with Gasteiger partial charge in [0.1, 0.15) is 5.65 Å². The first-order valence-electron chi connectivity index (χ1n) is 9.68. The normalized spacial score (nSPS) is 11.4. The van der Waals surface area contributed by atoms with Crippen molar-refractivity contribution in [2.75, 3.05) is 0 Å². The number of aryl methyl sites for hydroxylation is 1. The molecule has 0 radical (unpaired) electrons. The molecule has 148 valence electrons. The summed E-state index contributed by atoms with van der Waals surface area (Å²) in [6.45, 7) is 4.67. The number of thioether (sulfide) groups is 1. The third kappa shape index (κ3) is 3.96. The number of rotatable bonds is 6. The van der Waals surface area contributed by atoms with E-state index in [1.807, 2.05) is 43.3 Å². The van der Waals surface area contributed by atoms with Gasteiger partial charge >= 0.3 is 0 Å². The molecule has 4 rings (SSSR count). The molecule has 29 heavy (non-hydrogen) atoms. The highest BCUT2D eigenvalue weighted by Gasteiger charge is 2.12. The largest absolute Gasteiger partial charge is 0.287 e. The second-order valence-corrected chi connectivity index (χ2v) is 7.97. The molecule has 0 aliphatic heterocycles. The maximum absolute atomic E-state index is 13.0. The lowest BCUT2D eigenvalue weighted by Crippen LogP contribution is -2.23. The summed E-state index contributed by atoms with van der Waals surface area (Å²) < 4.78 is 3.29. The molecular formula is C22H22N4O2S. The Hall–Kier alpha value is -2.93. The van der Waals surface area contributed by atoms with Gasteiger partial charge in [0.15, 0.2) is 5.16 Å². The monoisotopic (exact) mass is 406 g/mol. The zero-order chi connectivity index (χ0) is 20.4. The number of unbranched alkanes of at least 4 members (excludes halogenated alkanes) is 1. The van der Waals surface area contributed by atoms with Gasteiger partial charge in [-0.3, -0.25) is 18.6 Å².